The zero-order chi connectivity index (χ0) is 18.7. The predicted octanol–water partition coefficient (Wildman–Crippen LogP) is 3.54. The average Bonchev–Trinajstić information content (AvgIpc) is 3.21. The van der Waals surface area contributed by atoms with Gasteiger partial charge in [-0.3, -0.25) is 14.5 Å². The van der Waals surface area contributed by atoms with Crippen molar-refractivity contribution in [3.8, 4) is 0 Å². The van der Waals surface area contributed by atoms with Crippen LogP contribution in [0.3, 0.4) is 0 Å². The van der Waals surface area contributed by atoms with E-state index >= 15 is 0 Å². The molecule has 1 fully saturated rings. The van der Waals surface area contributed by atoms with Gasteiger partial charge in [0.15, 0.2) is 4.34 Å². The average molecular weight is 402 g/mol. The Morgan fingerprint density at radius 2 is 2.08 bits per heavy atom. The number of alkyl halides is 3. The number of nitrogens with zero attached hydrogens (tertiary/aromatic N) is 3. The first kappa shape index (κ1) is 18.6. The Kier molecular flexibility index (Phi) is 5.47. The Hall–Kier alpha value is -2.14. The van der Waals surface area contributed by atoms with Crippen LogP contribution < -0.4 is 5.32 Å². The van der Waals surface area contributed by atoms with Crippen molar-refractivity contribution >= 4 is 45.7 Å². The third kappa shape index (κ3) is 4.33. The Morgan fingerprint density at radius 1 is 1.31 bits per heavy atom. The highest BCUT2D eigenvalue weighted by Gasteiger charge is 2.33. The third-order valence-corrected chi connectivity index (χ3v) is 5.53. The van der Waals surface area contributed by atoms with Gasteiger partial charge in [-0.15, -0.1) is 10.2 Å². The summed E-state index contributed by atoms with van der Waals surface area (Å²) < 4.78 is 39.4. The van der Waals surface area contributed by atoms with Gasteiger partial charge in [-0.1, -0.05) is 35.2 Å². The molecular formula is C15H13F3N4O2S2. The molecule has 1 aliphatic rings. The Labute approximate surface area is 154 Å². The van der Waals surface area contributed by atoms with Gasteiger partial charge >= 0.3 is 6.18 Å². The smallest absolute Gasteiger partial charge is 0.330 e. The summed E-state index contributed by atoms with van der Waals surface area (Å²) in [7, 11) is 0. The van der Waals surface area contributed by atoms with Gasteiger partial charge in [0.25, 0.3) is 0 Å². The van der Waals surface area contributed by atoms with Gasteiger partial charge in [0.1, 0.15) is 0 Å². The number of carbonyl (C=O) groups is 2. The number of hydrogen-bond donors (Lipinski definition) is 1. The number of anilines is 2. The molecule has 3 rings (SSSR count). The summed E-state index contributed by atoms with van der Waals surface area (Å²) in [5, 5.41) is 10.5. The van der Waals surface area contributed by atoms with Gasteiger partial charge in [0.2, 0.25) is 16.9 Å². The lowest BCUT2D eigenvalue weighted by atomic mass is 10.2. The zero-order valence-electron chi connectivity index (χ0n) is 13.2. The van der Waals surface area contributed by atoms with Crippen LogP contribution in [0.4, 0.5) is 24.0 Å². The number of thioether (sulfide) groups is 1. The minimum Gasteiger partial charge on any atom is -0.330 e. The number of carbonyl (C=O) groups excluding carboxylic acids is 2. The van der Waals surface area contributed by atoms with Gasteiger partial charge < -0.3 is 5.32 Å². The first-order chi connectivity index (χ1) is 12.3. The van der Waals surface area contributed by atoms with E-state index in [1.54, 1.807) is 0 Å². The van der Waals surface area contributed by atoms with Crippen LogP contribution in [0.5, 0.6) is 0 Å². The Balaban J connectivity index is 1.62. The molecule has 1 N–H and O–H groups in total. The number of para-hydroxylation sites is 1. The second-order valence-electron chi connectivity index (χ2n) is 5.37. The van der Waals surface area contributed by atoms with Crippen LogP contribution in [0.2, 0.25) is 0 Å². The quantitative estimate of drug-likeness (QED) is 0.771. The summed E-state index contributed by atoms with van der Waals surface area (Å²) in [5.74, 6) is -0.455. The molecule has 0 atom stereocenters. The molecule has 1 aliphatic heterocycles. The molecule has 0 radical (unpaired) electrons. The second-order valence-corrected chi connectivity index (χ2v) is 7.57. The highest BCUT2D eigenvalue weighted by molar-refractivity contribution is 8.01. The van der Waals surface area contributed by atoms with E-state index in [9.17, 15) is 22.8 Å². The third-order valence-electron chi connectivity index (χ3n) is 3.57. The van der Waals surface area contributed by atoms with E-state index in [0.29, 0.717) is 23.7 Å². The largest absolute Gasteiger partial charge is 0.418 e. The molecule has 1 aromatic carbocycles. The molecule has 2 aromatic rings. The number of halogens is 3. The molecule has 2 amide bonds. The molecule has 6 nitrogen and oxygen atoms in total. The van der Waals surface area contributed by atoms with Crippen LogP contribution >= 0.6 is 23.1 Å². The highest BCUT2D eigenvalue weighted by atomic mass is 32.2. The van der Waals surface area contributed by atoms with E-state index in [-0.39, 0.29) is 28.4 Å². The Bertz CT molecular complexity index is 825. The molecule has 0 bridgehead atoms. The summed E-state index contributed by atoms with van der Waals surface area (Å²) in [6, 6.07) is 5.07. The number of benzene rings is 1. The van der Waals surface area contributed by atoms with Crippen molar-refractivity contribution in [1.82, 2.24) is 15.1 Å². The SMILES string of the molecule is O=C1CCCN1C(=O)CSc1nnc(Nc2ccccc2C(F)(F)F)s1. The lowest BCUT2D eigenvalue weighted by Gasteiger charge is -2.12. The first-order valence-electron chi connectivity index (χ1n) is 7.57. The monoisotopic (exact) mass is 402 g/mol. The normalized spacial score (nSPS) is 14.7. The molecule has 0 aliphatic carbocycles. The van der Waals surface area contributed by atoms with Crippen molar-refractivity contribution in [1.29, 1.82) is 0 Å². The number of amides is 2. The minimum absolute atomic E-state index is 0.0273. The van der Waals surface area contributed by atoms with Crippen molar-refractivity contribution in [2.75, 3.05) is 17.6 Å². The number of likely N-dealkylation sites (tertiary alicyclic amines) is 1. The number of hydrogen-bond acceptors (Lipinski definition) is 7. The fourth-order valence-corrected chi connectivity index (χ4v) is 4.03. The molecular weight excluding hydrogens is 389 g/mol. The van der Waals surface area contributed by atoms with Gasteiger partial charge in [0, 0.05) is 13.0 Å². The summed E-state index contributed by atoms with van der Waals surface area (Å²) >= 11 is 2.14. The van der Waals surface area contributed by atoms with E-state index in [0.717, 1.165) is 29.2 Å². The van der Waals surface area contributed by atoms with Crippen molar-refractivity contribution in [2.24, 2.45) is 0 Å². The molecule has 2 heterocycles. The molecule has 138 valence electrons. The van der Waals surface area contributed by atoms with Crippen molar-refractivity contribution in [2.45, 2.75) is 23.4 Å². The maximum absolute atomic E-state index is 13.0. The van der Waals surface area contributed by atoms with Gasteiger partial charge in [-0.05, 0) is 18.6 Å². The Morgan fingerprint density at radius 3 is 2.77 bits per heavy atom. The molecule has 0 unspecified atom stereocenters. The summed E-state index contributed by atoms with van der Waals surface area (Å²) in [5.41, 5.74) is -0.918. The van der Waals surface area contributed by atoms with Crippen LogP contribution in [0.15, 0.2) is 28.6 Å². The van der Waals surface area contributed by atoms with Crippen LogP contribution in [0, 0.1) is 0 Å². The summed E-state index contributed by atoms with van der Waals surface area (Å²) in [6.07, 6.45) is -3.44. The van der Waals surface area contributed by atoms with Crippen LogP contribution in [-0.2, 0) is 15.8 Å². The fraction of sp³-hybridized carbons (Fsp3) is 0.333. The lowest BCUT2D eigenvalue weighted by Crippen LogP contribution is -2.33. The molecule has 11 heteroatoms. The standard InChI is InChI=1S/C15H13F3N4O2S2/c16-15(17,18)9-4-1-2-5-10(9)19-13-20-21-14(26-13)25-8-12(24)22-7-3-6-11(22)23/h1-2,4-5H,3,6-8H2,(H,19,20). The van der Waals surface area contributed by atoms with E-state index in [4.69, 9.17) is 0 Å². The van der Waals surface area contributed by atoms with Crippen molar-refractivity contribution in [3.05, 3.63) is 29.8 Å². The van der Waals surface area contributed by atoms with Gasteiger partial charge in [0.05, 0.1) is 17.0 Å². The molecule has 1 saturated heterocycles. The van der Waals surface area contributed by atoms with Crippen LogP contribution in [-0.4, -0.2) is 39.2 Å². The lowest BCUT2D eigenvalue weighted by molar-refractivity contribution is -0.140. The molecule has 0 spiro atoms. The fourth-order valence-electron chi connectivity index (χ4n) is 2.39. The molecule has 1 aromatic heterocycles. The van der Waals surface area contributed by atoms with Crippen LogP contribution in [0.1, 0.15) is 18.4 Å². The summed E-state index contributed by atoms with van der Waals surface area (Å²) in [4.78, 5) is 24.7. The zero-order valence-corrected chi connectivity index (χ0v) is 14.9. The van der Waals surface area contributed by atoms with E-state index in [1.807, 2.05) is 0 Å². The molecule has 26 heavy (non-hydrogen) atoms. The minimum atomic E-state index is -4.49. The first-order valence-corrected chi connectivity index (χ1v) is 9.37. The number of imide groups is 1. The van der Waals surface area contributed by atoms with Gasteiger partial charge in [-0.25, -0.2) is 0 Å². The van der Waals surface area contributed by atoms with Crippen molar-refractivity contribution in [3.63, 3.8) is 0 Å². The molecule has 0 saturated carbocycles. The van der Waals surface area contributed by atoms with E-state index < -0.39 is 11.7 Å². The number of rotatable bonds is 5. The van der Waals surface area contributed by atoms with Crippen molar-refractivity contribution < 1.29 is 22.8 Å². The second kappa shape index (κ2) is 7.62. The van der Waals surface area contributed by atoms with Gasteiger partial charge in [-0.2, -0.15) is 13.2 Å². The number of nitrogens with one attached hydrogen (secondary N) is 1. The number of aromatic nitrogens is 2. The maximum Gasteiger partial charge on any atom is 0.418 e. The van der Waals surface area contributed by atoms with E-state index in [1.165, 1.54) is 23.1 Å². The maximum atomic E-state index is 13.0. The topological polar surface area (TPSA) is 75.2 Å². The predicted molar refractivity (Wildman–Crippen MR) is 91.3 cm³/mol. The highest BCUT2D eigenvalue weighted by Crippen LogP contribution is 2.37. The summed E-state index contributed by atoms with van der Waals surface area (Å²) in [6.45, 7) is 0.426. The van der Waals surface area contributed by atoms with Crippen LogP contribution in [0.25, 0.3) is 0 Å². The van der Waals surface area contributed by atoms with E-state index in [2.05, 4.69) is 15.5 Å².